The third-order valence-electron chi connectivity index (χ3n) is 5.76. The lowest BCUT2D eigenvalue weighted by molar-refractivity contribution is -0.172. The van der Waals surface area contributed by atoms with Gasteiger partial charge in [0.05, 0.1) is 16.4 Å². The van der Waals surface area contributed by atoms with Crippen molar-refractivity contribution in [1.29, 1.82) is 0 Å². The van der Waals surface area contributed by atoms with Crippen LogP contribution in [0.1, 0.15) is 43.5 Å². The van der Waals surface area contributed by atoms with E-state index in [4.69, 9.17) is 11.6 Å². The zero-order chi connectivity index (χ0) is 14.8. The van der Waals surface area contributed by atoms with Gasteiger partial charge in [0.25, 0.3) is 0 Å². The van der Waals surface area contributed by atoms with Crippen molar-refractivity contribution in [3.63, 3.8) is 0 Å². The van der Waals surface area contributed by atoms with Gasteiger partial charge in [0.15, 0.2) is 0 Å². The Morgan fingerprint density at radius 2 is 2.10 bits per heavy atom. The van der Waals surface area contributed by atoms with Crippen molar-refractivity contribution in [2.24, 2.45) is 11.3 Å². The van der Waals surface area contributed by atoms with Crippen LogP contribution in [0.25, 0.3) is 0 Å². The normalized spacial score (nSPS) is 26.6. The Balaban J connectivity index is 1.49. The van der Waals surface area contributed by atoms with Crippen molar-refractivity contribution < 1.29 is 4.79 Å². The van der Waals surface area contributed by atoms with Crippen LogP contribution in [-0.2, 0) is 11.3 Å². The van der Waals surface area contributed by atoms with Gasteiger partial charge in [-0.15, -0.1) is 0 Å². The van der Waals surface area contributed by atoms with Crippen LogP contribution in [0.15, 0.2) is 0 Å². The molecule has 21 heavy (non-hydrogen) atoms. The maximum Gasteiger partial charge on any atom is 0.244 e. The molecule has 1 atom stereocenters. The summed E-state index contributed by atoms with van der Waals surface area (Å²) in [5, 5.41) is 5.06. The molecule has 0 radical (unpaired) electrons. The van der Waals surface area contributed by atoms with Gasteiger partial charge in [-0.05, 0) is 45.4 Å². The van der Waals surface area contributed by atoms with Crippen molar-refractivity contribution >= 4 is 17.5 Å². The van der Waals surface area contributed by atoms with Gasteiger partial charge in [-0.2, -0.15) is 5.10 Å². The minimum atomic E-state index is 0.215. The lowest BCUT2D eigenvalue weighted by Gasteiger charge is -2.63. The Morgan fingerprint density at radius 1 is 1.38 bits per heavy atom. The Morgan fingerprint density at radius 3 is 2.57 bits per heavy atom. The van der Waals surface area contributed by atoms with E-state index in [0.717, 1.165) is 23.9 Å². The summed E-state index contributed by atoms with van der Waals surface area (Å²) in [6, 6.07) is 0.520. The molecule has 0 N–H and O–H groups in total. The second-order valence-electron chi connectivity index (χ2n) is 7.16. The Bertz CT molecular complexity index is 601. The lowest BCUT2D eigenvalue weighted by atomic mass is 9.56. The highest BCUT2D eigenvalue weighted by atomic mass is 35.5. The number of carbonyl (C=O) groups is 1. The van der Waals surface area contributed by atoms with E-state index in [2.05, 4.69) is 10.00 Å². The number of aryl methyl sites for hydroxylation is 1. The molecule has 3 fully saturated rings. The molecule has 1 aliphatic heterocycles. The minimum Gasteiger partial charge on any atom is -0.337 e. The van der Waals surface area contributed by atoms with Crippen LogP contribution in [0.2, 0.25) is 5.02 Å². The summed E-state index contributed by atoms with van der Waals surface area (Å²) in [6.45, 7) is 5.12. The third-order valence-corrected chi connectivity index (χ3v) is 6.31. The first-order valence-electron chi connectivity index (χ1n) is 8.01. The first-order chi connectivity index (χ1) is 10.0. The molecule has 0 aromatic carbocycles. The summed E-state index contributed by atoms with van der Waals surface area (Å²) >= 11 is 6.17. The van der Waals surface area contributed by atoms with Gasteiger partial charge >= 0.3 is 0 Å². The fraction of sp³-hybridized carbons (Fsp3) is 0.750. The van der Waals surface area contributed by atoms with Gasteiger partial charge in [0.2, 0.25) is 5.91 Å². The molecule has 3 aliphatic rings. The molecular formula is C16H22ClN3O. The Labute approximate surface area is 130 Å². The van der Waals surface area contributed by atoms with Crippen molar-refractivity contribution in [3.8, 4) is 0 Å². The zero-order valence-electron chi connectivity index (χ0n) is 12.7. The SMILES string of the molecule is Cc1nn(CC(=O)N2CC3(CCC3)C2C2CC2)c(C)c1Cl. The molecule has 0 bridgehead atoms. The van der Waals surface area contributed by atoms with Crippen molar-refractivity contribution in [3.05, 3.63) is 16.4 Å². The maximum atomic E-state index is 12.7. The molecule has 2 aliphatic carbocycles. The van der Waals surface area contributed by atoms with Crippen LogP contribution < -0.4 is 0 Å². The largest absolute Gasteiger partial charge is 0.337 e. The van der Waals surface area contributed by atoms with Gasteiger partial charge in [-0.3, -0.25) is 9.48 Å². The molecule has 114 valence electrons. The molecule has 2 saturated carbocycles. The molecule has 4 nitrogen and oxygen atoms in total. The van der Waals surface area contributed by atoms with Crippen molar-refractivity contribution in [2.45, 2.75) is 58.5 Å². The highest BCUT2D eigenvalue weighted by molar-refractivity contribution is 6.31. The fourth-order valence-corrected chi connectivity index (χ4v) is 4.43. The monoisotopic (exact) mass is 307 g/mol. The van der Waals surface area contributed by atoms with Crippen LogP contribution in [-0.4, -0.2) is 33.2 Å². The van der Waals surface area contributed by atoms with Crippen LogP contribution in [0, 0.1) is 25.2 Å². The molecule has 1 saturated heterocycles. The molecule has 4 rings (SSSR count). The predicted molar refractivity (Wildman–Crippen MR) is 81.2 cm³/mol. The van der Waals surface area contributed by atoms with E-state index in [1.54, 1.807) is 4.68 Å². The Hall–Kier alpha value is -1.03. The van der Waals surface area contributed by atoms with E-state index >= 15 is 0 Å². The number of aromatic nitrogens is 2. The summed E-state index contributed by atoms with van der Waals surface area (Å²) in [6.07, 6.45) is 6.61. The van der Waals surface area contributed by atoms with Crippen LogP contribution in [0.4, 0.5) is 0 Å². The molecule has 2 heterocycles. The highest BCUT2D eigenvalue weighted by Crippen LogP contribution is 2.59. The van der Waals surface area contributed by atoms with E-state index in [1.165, 1.54) is 32.1 Å². The Kier molecular flexibility index (Phi) is 2.91. The molecular weight excluding hydrogens is 286 g/mol. The third kappa shape index (κ3) is 1.95. The number of carbonyl (C=O) groups excluding carboxylic acids is 1. The van der Waals surface area contributed by atoms with Crippen LogP contribution in [0.5, 0.6) is 0 Å². The standard InChI is InChI=1S/C16H22ClN3O/c1-10-14(17)11(2)20(18-10)8-13(21)19-9-16(6-3-7-16)15(19)12-4-5-12/h12,15H,3-9H2,1-2H3. The molecule has 1 unspecified atom stereocenters. The number of hydrogen-bond acceptors (Lipinski definition) is 2. The van der Waals surface area contributed by atoms with Gasteiger partial charge < -0.3 is 4.90 Å². The number of likely N-dealkylation sites (tertiary alicyclic amines) is 1. The van der Waals surface area contributed by atoms with E-state index in [9.17, 15) is 4.79 Å². The summed E-state index contributed by atoms with van der Waals surface area (Å²) in [4.78, 5) is 14.8. The molecule has 5 heteroatoms. The lowest BCUT2D eigenvalue weighted by Crippen LogP contribution is -2.70. The van der Waals surface area contributed by atoms with Crippen molar-refractivity contribution in [1.82, 2.24) is 14.7 Å². The molecule has 1 aromatic heterocycles. The smallest absolute Gasteiger partial charge is 0.244 e. The van der Waals surface area contributed by atoms with Crippen LogP contribution >= 0.6 is 11.6 Å². The summed E-state index contributed by atoms with van der Waals surface area (Å²) < 4.78 is 1.76. The zero-order valence-corrected chi connectivity index (χ0v) is 13.5. The number of halogens is 1. The van der Waals surface area contributed by atoms with E-state index in [1.807, 2.05) is 13.8 Å². The predicted octanol–water partition coefficient (Wildman–Crippen LogP) is 2.94. The number of nitrogens with zero attached hydrogens (tertiary/aromatic N) is 3. The maximum absolute atomic E-state index is 12.7. The van der Waals surface area contributed by atoms with E-state index in [0.29, 0.717) is 23.0 Å². The van der Waals surface area contributed by atoms with Crippen LogP contribution in [0.3, 0.4) is 0 Å². The topological polar surface area (TPSA) is 38.1 Å². The molecule has 1 aromatic rings. The second-order valence-corrected chi connectivity index (χ2v) is 7.54. The summed E-state index contributed by atoms with van der Waals surface area (Å²) in [5.41, 5.74) is 2.19. The second kappa shape index (κ2) is 4.48. The van der Waals surface area contributed by atoms with Gasteiger partial charge in [0.1, 0.15) is 6.54 Å². The average Bonchev–Trinajstić information content (AvgIpc) is 3.13. The number of hydrogen-bond donors (Lipinski definition) is 0. The van der Waals surface area contributed by atoms with Gasteiger partial charge in [-0.25, -0.2) is 0 Å². The summed E-state index contributed by atoms with van der Waals surface area (Å²) in [7, 11) is 0. The van der Waals surface area contributed by atoms with E-state index in [-0.39, 0.29) is 5.91 Å². The molecule has 1 amide bonds. The first-order valence-corrected chi connectivity index (χ1v) is 8.39. The fourth-order valence-electron chi connectivity index (χ4n) is 4.29. The van der Waals surface area contributed by atoms with Crippen molar-refractivity contribution in [2.75, 3.05) is 6.54 Å². The quantitative estimate of drug-likeness (QED) is 0.861. The minimum absolute atomic E-state index is 0.215. The highest BCUT2D eigenvalue weighted by Gasteiger charge is 2.61. The van der Waals surface area contributed by atoms with E-state index < -0.39 is 0 Å². The number of rotatable bonds is 3. The van der Waals surface area contributed by atoms with Gasteiger partial charge in [0, 0.05) is 18.0 Å². The molecule has 1 spiro atoms. The van der Waals surface area contributed by atoms with Gasteiger partial charge in [-0.1, -0.05) is 18.0 Å². The number of amides is 1. The first kappa shape index (κ1) is 13.6. The summed E-state index contributed by atoms with van der Waals surface area (Å²) in [5.74, 6) is 0.985. The average molecular weight is 308 g/mol.